The molecule has 0 saturated heterocycles. The van der Waals surface area contributed by atoms with Gasteiger partial charge in [-0.3, -0.25) is 0 Å². The molecule has 0 radical (unpaired) electrons. The van der Waals surface area contributed by atoms with Gasteiger partial charge in [-0.15, -0.1) is 0 Å². The topological polar surface area (TPSA) is 47.1 Å². The summed E-state index contributed by atoms with van der Waals surface area (Å²) >= 11 is 0. The molecule has 1 heterocycles. The summed E-state index contributed by atoms with van der Waals surface area (Å²) in [5.74, 6) is 1.08. The largest absolute Gasteiger partial charge is 0.329 e. The molecular formula is C13H20N4. The van der Waals surface area contributed by atoms with E-state index < -0.39 is 0 Å². The first-order valence-electron chi connectivity index (χ1n) is 5.92. The van der Waals surface area contributed by atoms with Gasteiger partial charge in [0.25, 0.3) is 0 Å². The fourth-order valence-corrected chi connectivity index (χ4v) is 2.07. The second kappa shape index (κ2) is 4.85. The molecule has 0 fully saturated rings. The summed E-state index contributed by atoms with van der Waals surface area (Å²) in [6.07, 6.45) is 0. The van der Waals surface area contributed by atoms with Gasteiger partial charge < -0.3 is 15.2 Å². The lowest BCUT2D eigenvalue weighted by atomic mass is 10.2. The Bertz CT molecular complexity index is 513. The first-order valence-corrected chi connectivity index (χ1v) is 5.92. The highest BCUT2D eigenvalue weighted by molar-refractivity contribution is 5.76. The van der Waals surface area contributed by atoms with Gasteiger partial charge in [-0.2, -0.15) is 0 Å². The van der Waals surface area contributed by atoms with Crippen LogP contribution in [0.25, 0.3) is 11.0 Å². The molecule has 0 aliphatic rings. The van der Waals surface area contributed by atoms with Crippen molar-refractivity contribution in [1.29, 1.82) is 0 Å². The lowest BCUT2D eigenvalue weighted by Gasteiger charge is -2.11. The van der Waals surface area contributed by atoms with Gasteiger partial charge in [0.1, 0.15) is 5.82 Å². The third-order valence-electron chi connectivity index (χ3n) is 2.79. The molecule has 4 heteroatoms. The minimum absolute atomic E-state index is 0.639. The Morgan fingerprint density at radius 1 is 1.35 bits per heavy atom. The van der Waals surface area contributed by atoms with Gasteiger partial charge >= 0.3 is 0 Å². The normalized spacial score (nSPS) is 11.6. The van der Waals surface area contributed by atoms with Crippen molar-refractivity contribution in [3.63, 3.8) is 0 Å². The number of hydrogen-bond acceptors (Lipinski definition) is 3. The number of aryl methyl sites for hydroxylation is 1. The van der Waals surface area contributed by atoms with E-state index in [0.717, 1.165) is 24.4 Å². The Morgan fingerprint density at radius 3 is 2.76 bits per heavy atom. The highest BCUT2D eigenvalue weighted by Crippen LogP contribution is 2.18. The molecule has 0 bridgehead atoms. The maximum absolute atomic E-state index is 5.68. The molecule has 1 aromatic heterocycles. The fraction of sp³-hybridized carbons (Fsp3) is 0.462. The standard InChI is InChI=1S/C13H20N4/c1-10-4-5-12-11(8-10)15-13(9-16(2)3)17(12)7-6-14/h4-5,8H,6-7,9,14H2,1-3H3. The van der Waals surface area contributed by atoms with Gasteiger partial charge in [0.05, 0.1) is 17.6 Å². The van der Waals surface area contributed by atoms with Crippen LogP contribution in [0, 0.1) is 6.92 Å². The maximum atomic E-state index is 5.68. The zero-order chi connectivity index (χ0) is 12.4. The van der Waals surface area contributed by atoms with Gasteiger partial charge in [0.15, 0.2) is 0 Å². The molecular weight excluding hydrogens is 212 g/mol. The van der Waals surface area contributed by atoms with Crippen molar-refractivity contribution in [2.24, 2.45) is 5.73 Å². The van der Waals surface area contributed by atoms with E-state index >= 15 is 0 Å². The number of fused-ring (bicyclic) bond motifs is 1. The molecule has 0 spiro atoms. The molecule has 92 valence electrons. The molecule has 0 saturated carbocycles. The molecule has 2 N–H and O–H groups in total. The Hall–Kier alpha value is -1.39. The van der Waals surface area contributed by atoms with Crippen molar-refractivity contribution in [1.82, 2.24) is 14.5 Å². The average molecular weight is 232 g/mol. The summed E-state index contributed by atoms with van der Waals surface area (Å²) in [7, 11) is 4.11. The van der Waals surface area contributed by atoms with E-state index in [4.69, 9.17) is 10.7 Å². The van der Waals surface area contributed by atoms with E-state index in [1.807, 2.05) is 0 Å². The zero-order valence-electron chi connectivity index (χ0n) is 10.8. The molecule has 2 rings (SSSR count). The monoisotopic (exact) mass is 232 g/mol. The molecule has 0 amide bonds. The van der Waals surface area contributed by atoms with Crippen LogP contribution in [-0.2, 0) is 13.1 Å². The van der Waals surface area contributed by atoms with E-state index in [2.05, 4.69) is 48.7 Å². The number of nitrogens with zero attached hydrogens (tertiary/aromatic N) is 3. The number of imidazole rings is 1. The molecule has 1 aromatic carbocycles. The Kier molecular flexibility index (Phi) is 3.45. The minimum atomic E-state index is 0.639. The van der Waals surface area contributed by atoms with E-state index in [-0.39, 0.29) is 0 Å². The average Bonchev–Trinajstić information content (AvgIpc) is 2.55. The molecule has 17 heavy (non-hydrogen) atoms. The lowest BCUT2D eigenvalue weighted by Crippen LogP contribution is -2.18. The van der Waals surface area contributed by atoms with Crippen LogP contribution in [0.15, 0.2) is 18.2 Å². The summed E-state index contributed by atoms with van der Waals surface area (Å²) in [5, 5.41) is 0. The minimum Gasteiger partial charge on any atom is -0.329 e. The van der Waals surface area contributed by atoms with E-state index in [9.17, 15) is 0 Å². The van der Waals surface area contributed by atoms with Crippen molar-refractivity contribution in [2.45, 2.75) is 20.0 Å². The fourth-order valence-electron chi connectivity index (χ4n) is 2.07. The summed E-state index contributed by atoms with van der Waals surface area (Å²) in [6, 6.07) is 6.38. The van der Waals surface area contributed by atoms with Crippen LogP contribution >= 0.6 is 0 Å². The Labute approximate surface area is 102 Å². The second-order valence-corrected chi connectivity index (χ2v) is 4.70. The van der Waals surface area contributed by atoms with E-state index in [0.29, 0.717) is 6.54 Å². The Morgan fingerprint density at radius 2 is 2.12 bits per heavy atom. The van der Waals surface area contributed by atoms with Crippen LogP contribution in [0.2, 0.25) is 0 Å². The second-order valence-electron chi connectivity index (χ2n) is 4.70. The number of benzene rings is 1. The van der Waals surface area contributed by atoms with Gasteiger partial charge in [-0.1, -0.05) is 6.07 Å². The molecule has 0 aliphatic heterocycles. The van der Waals surface area contributed by atoms with Crippen molar-refractivity contribution in [3.8, 4) is 0 Å². The highest BCUT2D eigenvalue weighted by Gasteiger charge is 2.10. The zero-order valence-corrected chi connectivity index (χ0v) is 10.8. The Balaban J connectivity index is 2.53. The number of nitrogens with two attached hydrogens (primary N) is 1. The molecule has 0 atom stereocenters. The third kappa shape index (κ3) is 2.48. The van der Waals surface area contributed by atoms with Crippen LogP contribution in [0.1, 0.15) is 11.4 Å². The summed E-state index contributed by atoms with van der Waals surface area (Å²) in [5.41, 5.74) is 9.16. The van der Waals surface area contributed by atoms with Crippen molar-refractivity contribution >= 4 is 11.0 Å². The van der Waals surface area contributed by atoms with Crippen LogP contribution in [0.4, 0.5) is 0 Å². The maximum Gasteiger partial charge on any atom is 0.124 e. The van der Waals surface area contributed by atoms with Crippen molar-refractivity contribution < 1.29 is 0 Å². The predicted octanol–water partition coefficient (Wildman–Crippen LogP) is 1.37. The predicted molar refractivity (Wildman–Crippen MR) is 70.9 cm³/mol. The van der Waals surface area contributed by atoms with Gasteiger partial charge in [-0.05, 0) is 38.7 Å². The molecule has 4 nitrogen and oxygen atoms in total. The molecule has 0 unspecified atom stereocenters. The van der Waals surface area contributed by atoms with Gasteiger partial charge in [-0.25, -0.2) is 4.98 Å². The van der Waals surface area contributed by atoms with Crippen LogP contribution in [-0.4, -0.2) is 35.1 Å². The highest BCUT2D eigenvalue weighted by atomic mass is 15.2. The lowest BCUT2D eigenvalue weighted by molar-refractivity contribution is 0.382. The quantitative estimate of drug-likeness (QED) is 0.866. The summed E-state index contributed by atoms with van der Waals surface area (Å²) in [6.45, 7) is 4.39. The summed E-state index contributed by atoms with van der Waals surface area (Å²) in [4.78, 5) is 6.82. The van der Waals surface area contributed by atoms with Crippen molar-refractivity contribution in [3.05, 3.63) is 29.6 Å². The number of rotatable bonds is 4. The van der Waals surface area contributed by atoms with E-state index in [1.165, 1.54) is 11.1 Å². The number of aromatic nitrogens is 2. The molecule has 2 aromatic rings. The SMILES string of the molecule is Cc1ccc2c(c1)nc(CN(C)C)n2CCN. The van der Waals surface area contributed by atoms with E-state index in [1.54, 1.807) is 0 Å². The van der Waals surface area contributed by atoms with Crippen molar-refractivity contribution in [2.75, 3.05) is 20.6 Å². The van der Waals surface area contributed by atoms with Gasteiger partial charge in [0, 0.05) is 13.1 Å². The summed E-state index contributed by atoms with van der Waals surface area (Å²) < 4.78 is 2.22. The molecule has 0 aliphatic carbocycles. The first kappa shape index (κ1) is 12.1. The first-order chi connectivity index (χ1) is 8.11. The van der Waals surface area contributed by atoms with Crippen LogP contribution in [0.5, 0.6) is 0 Å². The van der Waals surface area contributed by atoms with Gasteiger partial charge in [0.2, 0.25) is 0 Å². The number of hydrogen-bond donors (Lipinski definition) is 1. The van der Waals surface area contributed by atoms with Crippen LogP contribution in [0.3, 0.4) is 0 Å². The third-order valence-corrected chi connectivity index (χ3v) is 2.79. The smallest absolute Gasteiger partial charge is 0.124 e. The van der Waals surface area contributed by atoms with Crippen LogP contribution < -0.4 is 5.73 Å².